The van der Waals surface area contributed by atoms with E-state index in [0.717, 1.165) is 0 Å². The molecule has 0 atom stereocenters. The van der Waals surface area contributed by atoms with Gasteiger partial charge in [-0.2, -0.15) is 0 Å². The van der Waals surface area contributed by atoms with Gasteiger partial charge in [-0.1, -0.05) is 0 Å². The van der Waals surface area contributed by atoms with E-state index in [0.29, 0.717) is 13.1 Å². The summed E-state index contributed by atoms with van der Waals surface area (Å²) < 4.78 is 25.1. The zero-order chi connectivity index (χ0) is 9.19. The number of carbonyl (C=O) groups is 1. The Labute approximate surface area is 69.5 Å². The Bertz CT molecular complexity index is 184. The van der Waals surface area contributed by atoms with Gasteiger partial charge in [0.25, 0.3) is 5.92 Å². The number of primary amides is 1. The number of nitrogens with two attached hydrogens (primary N) is 1. The summed E-state index contributed by atoms with van der Waals surface area (Å²) in [6.07, 6.45) is 0.0574. The molecule has 12 heavy (non-hydrogen) atoms. The molecule has 0 radical (unpaired) electrons. The molecule has 2 N–H and O–H groups in total. The van der Waals surface area contributed by atoms with Crippen LogP contribution in [0.15, 0.2) is 0 Å². The first kappa shape index (κ1) is 9.38. The molecule has 1 heterocycles. The molecule has 0 aromatic carbocycles. The molecule has 1 amide bonds. The molecule has 5 heteroatoms. The molecule has 0 unspecified atom stereocenters. The lowest BCUT2D eigenvalue weighted by Crippen LogP contribution is -2.28. The van der Waals surface area contributed by atoms with Crippen molar-refractivity contribution >= 4 is 5.91 Å². The highest BCUT2D eigenvalue weighted by atomic mass is 19.3. The first-order valence-electron chi connectivity index (χ1n) is 3.88. The number of carbonyl (C=O) groups excluding carboxylic acids is 1. The van der Waals surface area contributed by atoms with Crippen LogP contribution in [0.2, 0.25) is 0 Å². The van der Waals surface area contributed by atoms with E-state index >= 15 is 0 Å². The summed E-state index contributed by atoms with van der Waals surface area (Å²) in [5.74, 6) is -3.01. The van der Waals surface area contributed by atoms with E-state index < -0.39 is 11.8 Å². The molecular formula is C7H12F2N2O. The van der Waals surface area contributed by atoms with Gasteiger partial charge in [0.15, 0.2) is 0 Å². The Morgan fingerprint density at radius 2 is 2.25 bits per heavy atom. The number of amides is 1. The zero-order valence-electron chi connectivity index (χ0n) is 6.72. The first-order valence-corrected chi connectivity index (χ1v) is 3.88. The summed E-state index contributed by atoms with van der Waals surface area (Å²) in [4.78, 5) is 11.9. The molecule has 0 aromatic heterocycles. The van der Waals surface area contributed by atoms with Gasteiger partial charge < -0.3 is 5.73 Å². The van der Waals surface area contributed by atoms with Crippen molar-refractivity contribution in [3.05, 3.63) is 0 Å². The van der Waals surface area contributed by atoms with Gasteiger partial charge in [-0.15, -0.1) is 0 Å². The van der Waals surface area contributed by atoms with E-state index in [4.69, 9.17) is 5.73 Å². The maximum atomic E-state index is 12.6. The van der Waals surface area contributed by atoms with Crippen molar-refractivity contribution in [2.75, 3.05) is 19.6 Å². The molecule has 1 saturated heterocycles. The van der Waals surface area contributed by atoms with Crippen LogP contribution in [-0.4, -0.2) is 36.4 Å². The number of halogens is 2. The average molecular weight is 178 g/mol. The molecule has 1 aliphatic rings. The number of hydrogen-bond donors (Lipinski definition) is 1. The van der Waals surface area contributed by atoms with Crippen molar-refractivity contribution in [1.29, 1.82) is 0 Å². The topological polar surface area (TPSA) is 46.3 Å². The van der Waals surface area contributed by atoms with Crippen molar-refractivity contribution in [2.45, 2.75) is 18.8 Å². The first-order chi connectivity index (χ1) is 5.49. The predicted octanol–water partition coefficient (Wildman–Crippen LogP) is 0.203. The SMILES string of the molecule is NC(=O)CCN1CCC(F)(F)C1. The number of hydrogen-bond acceptors (Lipinski definition) is 2. The molecular weight excluding hydrogens is 166 g/mol. The van der Waals surface area contributed by atoms with E-state index in [-0.39, 0.29) is 19.4 Å². The average Bonchev–Trinajstić information content (AvgIpc) is 2.26. The molecule has 70 valence electrons. The van der Waals surface area contributed by atoms with Gasteiger partial charge >= 0.3 is 0 Å². The Kier molecular flexibility index (Phi) is 2.62. The number of alkyl halides is 2. The second-order valence-electron chi connectivity index (χ2n) is 3.10. The lowest BCUT2D eigenvalue weighted by molar-refractivity contribution is -0.118. The fraction of sp³-hybridized carbons (Fsp3) is 0.857. The van der Waals surface area contributed by atoms with Crippen molar-refractivity contribution in [3.63, 3.8) is 0 Å². The van der Waals surface area contributed by atoms with Crippen LogP contribution in [0.4, 0.5) is 8.78 Å². The summed E-state index contributed by atoms with van der Waals surface area (Å²) in [5, 5.41) is 0. The van der Waals surface area contributed by atoms with E-state index in [1.54, 1.807) is 4.90 Å². The molecule has 1 fully saturated rings. The maximum absolute atomic E-state index is 12.6. The Morgan fingerprint density at radius 1 is 1.58 bits per heavy atom. The van der Waals surface area contributed by atoms with Crippen LogP contribution in [0.1, 0.15) is 12.8 Å². The van der Waals surface area contributed by atoms with Crippen molar-refractivity contribution in [2.24, 2.45) is 5.73 Å². The number of likely N-dealkylation sites (tertiary alicyclic amines) is 1. The quantitative estimate of drug-likeness (QED) is 0.671. The summed E-state index contributed by atoms with van der Waals surface area (Å²) in [6.45, 7) is 0.478. The van der Waals surface area contributed by atoms with E-state index in [2.05, 4.69) is 0 Å². The van der Waals surface area contributed by atoms with Gasteiger partial charge in [0.2, 0.25) is 5.91 Å². The molecule has 0 spiro atoms. The van der Waals surface area contributed by atoms with Crippen molar-refractivity contribution in [1.82, 2.24) is 4.90 Å². The van der Waals surface area contributed by atoms with Gasteiger partial charge in [-0.05, 0) is 0 Å². The minimum absolute atomic E-state index is 0.105. The van der Waals surface area contributed by atoms with Crippen LogP contribution in [0.3, 0.4) is 0 Å². The molecule has 0 bridgehead atoms. The summed E-state index contributed by atoms with van der Waals surface area (Å²) in [5.41, 5.74) is 4.89. The predicted molar refractivity (Wildman–Crippen MR) is 39.8 cm³/mol. The second-order valence-corrected chi connectivity index (χ2v) is 3.10. The third-order valence-corrected chi connectivity index (χ3v) is 1.92. The number of rotatable bonds is 3. The lowest BCUT2D eigenvalue weighted by atomic mass is 10.3. The van der Waals surface area contributed by atoms with E-state index in [1.165, 1.54) is 0 Å². The van der Waals surface area contributed by atoms with Crippen LogP contribution in [0, 0.1) is 0 Å². The van der Waals surface area contributed by atoms with Crippen LogP contribution in [-0.2, 0) is 4.79 Å². The molecule has 0 saturated carbocycles. The molecule has 0 aromatic rings. The Balaban J connectivity index is 2.24. The fourth-order valence-electron chi connectivity index (χ4n) is 1.27. The Hall–Kier alpha value is -0.710. The van der Waals surface area contributed by atoms with Gasteiger partial charge in [-0.25, -0.2) is 8.78 Å². The van der Waals surface area contributed by atoms with Crippen LogP contribution in [0.5, 0.6) is 0 Å². The smallest absolute Gasteiger partial charge is 0.261 e. The highest BCUT2D eigenvalue weighted by Crippen LogP contribution is 2.26. The van der Waals surface area contributed by atoms with Gasteiger partial charge in [0.1, 0.15) is 0 Å². The van der Waals surface area contributed by atoms with Gasteiger partial charge in [0, 0.05) is 25.9 Å². The van der Waals surface area contributed by atoms with E-state index in [9.17, 15) is 13.6 Å². The molecule has 1 rings (SSSR count). The molecule has 1 aliphatic heterocycles. The second kappa shape index (κ2) is 3.35. The van der Waals surface area contributed by atoms with Crippen LogP contribution in [0.25, 0.3) is 0 Å². The normalized spacial score (nSPS) is 22.8. The Morgan fingerprint density at radius 3 is 2.67 bits per heavy atom. The van der Waals surface area contributed by atoms with Crippen molar-refractivity contribution < 1.29 is 13.6 Å². The van der Waals surface area contributed by atoms with Crippen molar-refractivity contribution in [3.8, 4) is 0 Å². The lowest BCUT2D eigenvalue weighted by Gasteiger charge is -2.13. The standard InChI is InChI=1S/C7H12F2N2O/c8-7(9)2-4-11(5-7)3-1-6(10)12/h1-5H2,(H2,10,12). The number of nitrogens with zero attached hydrogens (tertiary/aromatic N) is 1. The van der Waals surface area contributed by atoms with Crippen LogP contribution < -0.4 is 5.73 Å². The monoisotopic (exact) mass is 178 g/mol. The van der Waals surface area contributed by atoms with Crippen LogP contribution >= 0.6 is 0 Å². The summed E-state index contributed by atoms with van der Waals surface area (Å²) >= 11 is 0. The highest BCUT2D eigenvalue weighted by Gasteiger charge is 2.37. The minimum Gasteiger partial charge on any atom is -0.370 e. The van der Waals surface area contributed by atoms with E-state index in [1.807, 2.05) is 0 Å². The fourth-order valence-corrected chi connectivity index (χ4v) is 1.27. The summed E-state index contributed by atoms with van der Waals surface area (Å²) in [6, 6.07) is 0. The van der Waals surface area contributed by atoms with Gasteiger partial charge in [0.05, 0.1) is 6.54 Å². The summed E-state index contributed by atoms with van der Waals surface area (Å²) in [7, 11) is 0. The molecule has 0 aliphatic carbocycles. The third kappa shape index (κ3) is 2.73. The molecule has 3 nitrogen and oxygen atoms in total. The minimum atomic E-state index is -2.57. The zero-order valence-corrected chi connectivity index (χ0v) is 6.72. The highest BCUT2D eigenvalue weighted by molar-refractivity contribution is 5.73. The third-order valence-electron chi connectivity index (χ3n) is 1.92. The maximum Gasteiger partial charge on any atom is 0.261 e. The largest absolute Gasteiger partial charge is 0.370 e. The van der Waals surface area contributed by atoms with Gasteiger partial charge in [-0.3, -0.25) is 9.69 Å².